The maximum atomic E-state index is 10.8. The molecule has 0 amide bonds. The minimum absolute atomic E-state index is 0.0507. The van der Waals surface area contributed by atoms with Crippen molar-refractivity contribution in [1.29, 1.82) is 0 Å². The first kappa shape index (κ1) is 10.6. The van der Waals surface area contributed by atoms with E-state index in [-0.39, 0.29) is 16.1 Å². The summed E-state index contributed by atoms with van der Waals surface area (Å²) >= 11 is 3.32. The zero-order chi connectivity index (χ0) is 11.1. The van der Waals surface area contributed by atoms with Gasteiger partial charge in [-0.05, 0) is 41.4 Å². The predicted molar refractivity (Wildman–Crippen MR) is 60.8 cm³/mol. The van der Waals surface area contributed by atoms with Crippen molar-refractivity contribution in [3.05, 3.63) is 38.3 Å². The molecular weight excluding hydrogens is 260 g/mol. The molecule has 15 heavy (non-hydrogen) atoms. The van der Waals surface area contributed by atoms with Crippen LogP contribution in [0, 0.1) is 10.1 Å². The lowest BCUT2D eigenvalue weighted by Crippen LogP contribution is -2.25. The number of hydrogen-bond acceptors (Lipinski definition) is 3. The number of benzene rings is 1. The van der Waals surface area contributed by atoms with Crippen LogP contribution in [0.15, 0.2) is 22.7 Å². The van der Waals surface area contributed by atoms with Crippen LogP contribution in [-0.2, 0) is 5.54 Å². The van der Waals surface area contributed by atoms with Gasteiger partial charge in [-0.15, -0.1) is 0 Å². The van der Waals surface area contributed by atoms with Gasteiger partial charge in [0.05, 0.1) is 4.92 Å². The highest BCUT2D eigenvalue weighted by Crippen LogP contribution is 2.49. The van der Waals surface area contributed by atoms with E-state index in [1.807, 2.05) is 13.1 Å². The molecule has 1 aromatic rings. The third-order valence-corrected chi connectivity index (χ3v) is 3.75. The fraction of sp³-hybridized carbons (Fsp3) is 0.400. The fourth-order valence-corrected chi connectivity index (χ4v) is 2.60. The summed E-state index contributed by atoms with van der Waals surface area (Å²) in [6, 6.07) is 5.18. The first-order valence-electron chi connectivity index (χ1n) is 4.73. The van der Waals surface area contributed by atoms with Crippen molar-refractivity contribution in [3.63, 3.8) is 0 Å². The van der Waals surface area contributed by atoms with E-state index in [1.54, 1.807) is 6.07 Å². The summed E-state index contributed by atoms with van der Waals surface area (Å²) in [7, 11) is 1.89. The number of halogens is 1. The van der Waals surface area contributed by atoms with Gasteiger partial charge in [-0.3, -0.25) is 10.1 Å². The van der Waals surface area contributed by atoms with Crippen molar-refractivity contribution in [3.8, 4) is 0 Å². The maximum Gasteiger partial charge on any atom is 0.283 e. The van der Waals surface area contributed by atoms with E-state index in [0.29, 0.717) is 4.47 Å². The third-order valence-electron chi connectivity index (χ3n) is 2.92. The largest absolute Gasteiger partial charge is 0.310 e. The van der Waals surface area contributed by atoms with E-state index in [4.69, 9.17) is 0 Å². The van der Waals surface area contributed by atoms with Crippen LogP contribution in [0.3, 0.4) is 0 Å². The SMILES string of the molecule is CNC1(c2cccc([N+](=O)[O-])c2Br)CC1. The molecule has 0 atom stereocenters. The normalized spacial score (nSPS) is 17.5. The highest BCUT2D eigenvalue weighted by Gasteiger charge is 2.45. The molecule has 0 saturated heterocycles. The van der Waals surface area contributed by atoms with E-state index in [2.05, 4.69) is 21.2 Å². The number of nitrogens with zero attached hydrogens (tertiary/aromatic N) is 1. The minimum Gasteiger partial charge on any atom is -0.310 e. The van der Waals surface area contributed by atoms with Crippen molar-refractivity contribution in [2.45, 2.75) is 18.4 Å². The molecule has 1 aromatic carbocycles. The quantitative estimate of drug-likeness (QED) is 0.679. The van der Waals surface area contributed by atoms with Crippen LogP contribution in [0.2, 0.25) is 0 Å². The number of nitrogens with one attached hydrogen (secondary N) is 1. The van der Waals surface area contributed by atoms with Gasteiger partial charge in [0.15, 0.2) is 0 Å². The van der Waals surface area contributed by atoms with Crippen LogP contribution in [-0.4, -0.2) is 12.0 Å². The van der Waals surface area contributed by atoms with Gasteiger partial charge in [-0.25, -0.2) is 0 Å². The summed E-state index contributed by atoms with van der Waals surface area (Å²) < 4.78 is 0.599. The van der Waals surface area contributed by atoms with Gasteiger partial charge in [-0.2, -0.15) is 0 Å². The maximum absolute atomic E-state index is 10.8. The highest BCUT2D eigenvalue weighted by atomic mass is 79.9. The van der Waals surface area contributed by atoms with E-state index < -0.39 is 0 Å². The molecule has 80 valence electrons. The molecule has 1 saturated carbocycles. The van der Waals surface area contributed by atoms with Gasteiger partial charge >= 0.3 is 0 Å². The van der Waals surface area contributed by atoms with Crippen molar-refractivity contribution in [2.75, 3.05) is 7.05 Å². The first-order chi connectivity index (χ1) is 7.10. The van der Waals surface area contributed by atoms with E-state index in [1.165, 1.54) is 6.07 Å². The Morgan fingerprint density at radius 1 is 1.53 bits per heavy atom. The fourth-order valence-electron chi connectivity index (χ4n) is 1.81. The monoisotopic (exact) mass is 270 g/mol. The molecule has 5 heteroatoms. The summed E-state index contributed by atoms with van der Waals surface area (Å²) in [6.07, 6.45) is 2.06. The van der Waals surface area contributed by atoms with Gasteiger partial charge in [0.2, 0.25) is 0 Å². The average molecular weight is 271 g/mol. The summed E-state index contributed by atoms with van der Waals surface area (Å²) in [4.78, 5) is 10.4. The zero-order valence-electron chi connectivity index (χ0n) is 8.29. The molecule has 1 aliphatic rings. The van der Waals surface area contributed by atoms with Crippen molar-refractivity contribution in [2.24, 2.45) is 0 Å². The molecule has 0 heterocycles. The second-order valence-corrected chi connectivity index (χ2v) is 4.52. The van der Waals surface area contributed by atoms with Crippen LogP contribution in [0.4, 0.5) is 5.69 Å². The Balaban J connectivity index is 2.50. The molecule has 0 bridgehead atoms. The summed E-state index contributed by atoms with van der Waals surface area (Å²) in [6.45, 7) is 0. The number of nitro groups is 1. The standard InChI is InChI=1S/C10H11BrN2O2/c1-12-10(5-6-10)7-3-2-4-8(9(7)11)13(14)15/h2-4,12H,5-6H2,1H3. The van der Waals surface area contributed by atoms with E-state index >= 15 is 0 Å². The van der Waals surface area contributed by atoms with Gasteiger partial charge < -0.3 is 5.32 Å². The Morgan fingerprint density at radius 3 is 2.67 bits per heavy atom. The highest BCUT2D eigenvalue weighted by molar-refractivity contribution is 9.10. The molecule has 0 unspecified atom stereocenters. The second-order valence-electron chi connectivity index (χ2n) is 3.73. The molecule has 0 aliphatic heterocycles. The number of nitro benzene ring substituents is 1. The lowest BCUT2D eigenvalue weighted by Gasteiger charge is -2.15. The van der Waals surface area contributed by atoms with Crippen LogP contribution in [0.25, 0.3) is 0 Å². The van der Waals surface area contributed by atoms with E-state index in [9.17, 15) is 10.1 Å². The molecule has 1 aliphatic carbocycles. The van der Waals surface area contributed by atoms with Crippen LogP contribution in [0.5, 0.6) is 0 Å². The Kier molecular flexibility index (Phi) is 2.52. The lowest BCUT2D eigenvalue weighted by atomic mass is 10.0. The van der Waals surface area contributed by atoms with Crippen LogP contribution >= 0.6 is 15.9 Å². The van der Waals surface area contributed by atoms with Crippen molar-refractivity contribution >= 4 is 21.6 Å². The van der Waals surface area contributed by atoms with Gasteiger partial charge in [0, 0.05) is 11.6 Å². The molecule has 2 rings (SSSR count). The topological polar surface area (TPSA) is 55.2 Å². The lowest BCUT2D eigenvalue weighted by molar-refractivity contribution is -0.385. The predicted octanol–water partition coefficient (Wildman–Crippen LogP) is 2.57. The zero-order valence-corrected chi connectivity index (χ0v) is 9.87. The minimum atomic E-state index is -0.362. The van der Waals surface area contributed by atoms with Gasteiger partial charge in [0.25, 0.3) is 5.69 Å². The Morgan fingerprint density at radius 2 is 2.20 bits per heavy atom. The molecular formula is C10H11BrN2O2. The summed E-state index contributed by atoms with van der Waals surface area (Å²) in [5.41, 5.74) is 1.07. The van der Waals surface area contributed by atoms with Crippen molar-refractivity contribution < 1.29 is 4.92 Å². The molecule has 0 radical (unpaired) electrons. The van der Waals surface area contributed by atoms with Crippen molar-refractivity contribution in [1.82, 2.24) is 5.32 Å². The van der Waals surface area contributed by atoms with Crippen LogP contribution in [0.1, 0.15) is 18.4 Å². The second kappa shape index (κ2) is 3.57. The average Bonchev–Trinajstić information content (AvgIpc) is 2.98. The van der Waals surface area contributed by atoms with Gasteiger partial charge in [0.1, 0.15) is 4.47 Å². The molecule has 1 fully saturated rings. The Hall–Kier alpha value is -0.940. The Bertz CT molecular complexity index is 416. The molecule has 0 aromatic heterocycles. The first-order valence-corrected chi connectivity index (χ1v) is 5.52. The molecule has 1 N–H and O–H groups in total. The van der Waals surface area contributed by atoms with Crippen LogP contribution < -0.4 is 5.32 Å². The summed E-state index contributed by atoms with van der Waals surface area (Å²) in [5, 5.41) is 14.0. The summed E-state index contributed by atoms with van der Waals surface area (Å²) in [5.74, 6) is 0. The molecule has 0 spiro atoms. The molecule has 4 nitrogen and oxygen atoms in total. The number of hydrogen-bond donors (Lipinski definition) is 1. The number of rotatable bonds is 3. The van der Waals surface area contributed by atoms with Gasteiger partial charge in [-0.1, -0.05) is 12.1 Å². The smallest absolute Gasteiger partial charge is 0.283 e. The Labute approximate surface area is 96.0 Å². The van der Waals surface area contributed by atoms with E-state index in [0.717, 1.165) is 18.4 Å². The third kappa shape index (κ3) is 1.66.